The van der Waals surface area contributed by atoms with Crippen molar-refractivity contribution in [3.05, 3.63) is 87.6 Å². The van der Waals surface area contributed by atoms with Gasteiger partial charge in [-0.05, 0) is 42.0 Å². The first-order chi connectivity index (χ1) is 13.5. The molecule has 0 bridgehead atoms. The molecule has 3 aromatic rings. The average Bonchev–Trinajstić information content (AvgIpc) is 3.30. The summed E-state index contributed by atoms with van der Waals surface area (Å²) in [6.45, 7) is 0. The summed E-state index contributed by atoms with van der Waals surface area (Å²) in [6, 6.07) is 10.7. The maximum atomic E-state index is 13.4. The van der Waals surface area contributed by atoms with Crippen LogP contribution < -0.4 is 4.90 Å². The average molecular weight is 415 g/mol. The number of carbonyl (C=O) groups excluding carboxylic acids is 2. The zero-order valence-corrected chi connectivity index (χ0v) is 15.7. The van der Waals surface area contributed by atoms with Gasteiger partial charge in [-0.15, -0.1) is 11.3 Å². The molecule has 1 saturated heterocycles. The van der Waals surface area contributed by atoms with E-state index in [1.807, 2.05) is 0 Å². The second-order valence-corrected chi connectivity index (χ2v) is 7.35. The van der Waals surface area contributed by atoms with Gasteiger partial charge in [0.1, 0.15) is 11.6 Å². The molecule has 1 aliphatic rings. The summed E-state index contributed by atoms with van der Waals surface area (Å²) in [5, 5.41) is 13.3. The van der Waals surface area contributed by atoms with Gasteiger partial charge in [0.25, 0.3) is 5.78 Å². The van der Waals surface area contributed by atoms with E-state index in [-0.39, 0.29) is 11.3 Å². The highest BCUT2D eigenvalue weighted by Gasteiger charge is 2.47. The number of hydrogen-bond acceptors (Lipinski definition) is 5. The number of ketones is 1. The second kappa shape index (κ2) is 7.18. The zero-order chi connectivity index (χ0) is 19.8. The van der Waals surface area contributed by atoms with Crippen LogP contribution in [-0.2, 0) is 9.59 Å². The van der Waals surface area contributed by atoms with Gasteiger partial charge in [0.05, 0.1) is 11.6 Å². The fraction of sp³-hybridized carbons (Fsp3) is 0.0500. The molecule has 2 aromatic carbocycles. The maximum absolute atomic E-state index is 13.4. The second-order valence-electron chi connectivity index (χ2n) is 6.04. The molecular weight excluding hydrogens is 403 g/mol. The third-order valence-corrected chi connectivity index (χ3v) is 5.40. The van der Waals surface area contributed by atoms with E-state index in [4.69, 9.17) is 11.6 Å². The number of carbonyl (C=O) groups is 2. The lowest BCUT2D eigenvalue weighted by Crippen LogP contribution is -2.29. The Kier molecular flexibility index (Phi) is 4.70. The van der Waals surface area contributed by atoms with Gasteiger partial charge in [0.2, 0.25) is 0 Å². The number of aliphatic hydroxyl groups is 1. The van der Waals surface area contributed by atoms with Crippen molar-refractivity contribution in [3.63, 3.8) is 0 Å². The Morgan fingerprint density at radius 1 is 1.11 bits per heavy atom. The molecule has 0 saturated carbocycles. The first kappa shape index (κ1) is 18.3. The number of halogens is 2. The topological polar surface area (TPSA) is 70.5 Å². The van der Waals surface area contributed by atoms with Crippen LogP contribution in [0, 0.1) is 5.82 Å². The molecule has 4 rings (SSSR count). The monoisotopic (exact) mass is 414 g/mol. The predicted octanol–water partition coefficient (Wildman–Crippen LogP) is 4.56. The van der Waals surface area contributed by atoms with Crippen LogP contribution >= 0.6 is 22.9 Å². The molecule has 8 heteroatoms. The van der Waals surface area contributed by atoms with Gasteiger partial charge < -0.3 is 5.11 Å². The summed E-state index contributed by atoms with van der Waals surface area (Å²) in [5.74, 6) is -2.42. The SMILES string of the molecule is O=C1C(=O)N(c2nccs2)[C@@H](c2ccc(F)cc2)/C1=C(\O)c1ccc(Cl)cc1. The van der Waals surface area contributed by atoms with Crippen molar-refractivity contribution in [2.24, 2.45) is 0 Å². The van der Waals surface area contributed by atoms with Crippen LogP contribution in [0.15, 0.2) is 65.7 Å². The molecule has 28 heavy (non-hydrogen) atoms. The summed E-state index contributed by atoms with van der Waals surface area (Å²) in [4.78, 5) is 30.9. The maximum Gasteiger partial charge on any atom is 0.301 e. The largest absolute Gasteiger partial charge is 0.507 e. The molecule has 2 heterocycles. The van der Waals surface area contributed by atoms with Gasteiger partial charge >= 0.3 is 5.91 Å². The van der Waals surface area contributed by atoms with E-state index in [0.717, 1.165) is 0 Å². The highest BCUT2D eigenvalue weighted by atomic mass is 35.5. The van der Waals surface area contributed by atoms with Crippen molar-refractivity contribution in [1.29, 1.82) is 0 Å². The fourth-order valence-electron chi connectivity index (χ4n) is 3.09. The summed E-state index contributed by atoms with van der Waals surface area (Å²) >= 11 is 7.07. The van der Waals surface area contributed by atoms with E-state index in [0.29, 0.717) is 21.3 Å². The van der Waals surface area contributed by atoms with Crippen molar-refractivity contribution in [3.8, 4) is 0 Å². The lowest BCUT2D eigenvalue weighted by atomic mass is 9.95. The van der Waals surface area contributed by atoms with E-state index in [1.165, 1.54) is 46.7 Å². The Bertz CT molecular complexity index is 1080. The minimum Gasteiger partial charge on any atom is -0.507 e. The fourth-order valence-corrected chi connectivity index (χ4v) is 3.88. The van der Waals surface area contributed by atoms with Crippen LogP contribution in [-0.4, -0.2) is 21.8 Å². The third-order valence-electron chi connectivity index (χ3n) is 4.37. The van der Waals surface area contributed by atoms with Crippen molar-refractivity contribution in [2.45, 2.75) is 6.04 Å². The number of anilines is 1. The van der Waals surface area contributed by atoms with Crippen LogP contribution in [0.25, 0.3) is 5.76 Å². The van der Waals surface area contributed by atoms with Gasteiger partial charge in [-0.2, -0.15) is 0 Å². The molecule has 5 nitrogen and oxygen atoms in total. The van der Waals surface area contributed by atoms with Crippen LogP contribution in [0.2, 0.25) is 5.02 Å². The van der Waals surface area contributed by atoms with Crippen LogP contribution in [0.4, 0.5) is 9.52 Å². The number of thiazole rings is 1. The molecule has 0 aliphatic carbocycles. The van der Waals surface area contributed by atoms with E-state index in [9.17, 15) is 19.1 Å². The van der Waals surface area contributed by atoms with Gasteiger partial charge in [-0.1, -0.05) is 23.7 Å². The number of aromatic nitrogens is 1. The Morgan fingerprint density at radius 2 is 1.79 bits per heavy atom. The summed E-state index contributed by atoms with van der Waals surface area (Å²) in [7, 11) is 0. The van der Waals surface area contributed by atoms with E-state index < -0.39 is 23.5 Å². The number of aliphatic hydroxyl groups excluding tert-OH is 1. The van der Waals surface area contributed by atoms with Crippen LogP contribution in [0.5, 0.6) is 0 Å². The lowest BCUT2D eigenvalue weighted by Gasteiger charge is -2.22. The highest BCUT2D eigenvalue weighted by Crippen LogP contribution is 2.42. The van der Waals surface area contributed by atoms with Crippen molar-refractivity contribution in [1.82, 2.24) is 4.98 Å². The standard InChI is InChI=1S/C20H12ClFN2O3S/c21-13-5-1-12(2-6-13)17(25)15-16(11-3-7-14(22)8-4-11)24(19(27)18(15)26)20-23-9-10-28-20/h1-10,16,25H/b17-15+/t16-/m0/s1. The van der Waals surface area contributed by atoms with E-state index in [2.05, 4.69) is 4.98 Å². The zero-order valence-electron chi connectivity index (χ0n) is 14.2. The van der Waals surface area contributed by atoms with Crippen molar-refractivity contribution >= 4 is 45.5 Å². The molecule has 0 radical (unpaired) electrons. The van der Waals surface area contributed by atoms with Crippen molar-refractivity contribution < 1.29 is 19.1 Å². The molecule has 1 aromatic heterocycles. The normalized spacial score (nSPS) is 18.6. The van der Waals surface area contributed by atoms with Crippen LogP contribution in [0.3, 0.4) is 0 Å². The number of rotatable bonds is 3. The van der Waals surface area contributed by atoms with Gasteiger partial charge in [0.15, 0.2) is 5.13 Å². The summed E-state index contributed by atoms with van der Waals surface area (Å²) in [6.07, 6.45) is 1.51. The van der Waals surface area contributed by atoms with Gasteiger partial charge in [-0.3, -0.25) is 14.5 Å². The highest BCUT2D eigenvalue weighted by molar-refractivity contribution is 7.14. The molecule has 1 aliphatic heterocycles. The van der Waals surface area contributed by atoms with Crippen LogP contribution in [0.1, 0.15) is 17.2 Å². The Balaban J connectivity index is 1.93. The van der Waals surface area contributed by atoms with E-state index in [1.54, 1.807) is 29.6 Å². The quantitative estimate of drug-likeness (QED) is 0.387. The summed E-state index contributed by atoms with van der Waals surface area (Å²) in [5.41, 5.74) is 0.731. The Labute approximate surface area is 168 Å². The Hall–Kier alpha value is -3.03. The number of hydrogen-bond donors (Lipinski definition) is 1. The first-order valence-electron chi connectivity index (χ1n) is 8.19. The molecule has 1 amide bonds. The van der Waals surface area contributed by atoms with Crippen molar-refractivity contribution in [2.75, 3.05) is 4.90 Å². The number of nitrogens with zero attached hydrogens (tertiary/aromatic N) is 2. The predicted molar refractivity (Wildman–Crippen MR) is 105 cm³/mol. The van der Waals surface area contributed by atoms with E-state index >= 15 is 0 Å². The minimum absolute atomic E-state index is 0.0888. The Morgan fingerprint density at radius 3 is 2.39 bits per heavy atom. The molecule has 1 fully saturated rings. The van der Waals surface area contributed by atoms with Gasteiger partial charge in [0, 0.05) is 22.2 Å². The first-order valence-corrected chi connectivity index (χ1v) is 9.45. The number of benzene rings is 2. The molecular formula is C20H12ClFN2O3S. The minimum atomic E-state index is -0.928. The smallest absolute Gasteiger partial charge is 0.301 e. The number of Topliss-reactive ketones (excluding diaryl/α,β-unsaturated/α-hetero) is 1. The molecule has 140 valence electrons. The molecule has 0 unspecified atom stereocenters. The molecule has 0 spiro atoms. The molecule has 1 atom stereocenters. The third kappa shape index (κ3) is 3.08. The summed E-state index contributed by atoms with van der Waals surface area (Å²) < 4.78 is 13.4. The number of amides is 1. The molecule has 1 N–H and O–H groups in total. The van der Waals surface area contributed by atoms with Gasteiger partial charge in [-0.25, -0.2) is 9.37 Å². The lowest BCUT2D eigenvalue weighted by molar-refractivity contribution is -0.132.